The van der Waals surface area contributed by atoms with Crippen LogP contribution < -0.4 is 9.67 Å². The molecule has 0 fully saturated rings. The Hall–Kier alpha value is -1.38. The average molecular weight is 251 g/mol. The standard InChI is InChI=1S/C13H22N.C2H4O2/c1-3-5-6-7-10-14-11-8-9-13(4-2)12-14;1-2(3)4/h8-9,11-12H,3-7,10H2,1-2H3;1H3,(H,3,4)/q+1;/p-1. The van der Waals surface area contributed by atoms with E-state index in [4.69, 9.17) is 9.90 Å². The first kappa shape index (κ1) is 16.6. The molecule has 1 rings (SSSR count). The Morgan fingerprint density at radius 3 is 2.50 bits per heavy atom. The highest BCUT2D eigenvalue weighted by atomic mass is 16.4. The van der Waals surface area contributed by atoms with Crippen LogP contribution in [0, 0.1) is 0 Å². The normalized spacial score (nSPS) is 9.50. The summed E-state index contributed by atoms with van der Waals surface area (Å²) in [7, 11) is 0. The van der Waals surface area contributed by atoms with E-state index in [0.717, 1.165) is 13.3 Å². The second-order valence-corrected chi connectivity index (χ2v) is 4.36. The Bertz CT molecular complexity index is 333. The molecular formula is C15H25NO2. The molecule has 0 bridgehead atoms. The van der Waals surface area contributed by atoms with Gasteiger partial charge in [-0.25, -0.2) is 4.57 Å². The van der Waals surface area contributed by atoms with E-state index in [0.29, 0.717) is 0 Å². The van der Waals surface area contributed by atoms with E-state index < -0.39 is 5.97 Å². The van der Waals surface area contributed by atoms with Gasteiger partial charge in [0.25, 0.3) is 0 Å². The molecule has 0 N–H and O–H groups in total. The van der Waals surface area contributed by atoms with Gasteiger partial charge in [-0.15, -0.1) is 0 Å². The van der Waals surface area contributed by atoms with Gasteiger partial charge in [0.2, 0.25) is 0 Å². The van der Waals surface area contributed by atoms with Gasteiger partial charge in [0.1, 0.15) is 6.54 Å². The number of nitrogens with zero attached hydrogens (tertiary/aromatic N) is 1. The van der Waals surface area contributed by atoms with E-state index in [-0.39, 0.29) is 0 Å². The molecule has 1 aromatic rings. The van der Waals surface area contributed by atoms with Crippen LogP contribution in [0.3, 0.4) is 0 Å². The van der Waals surface area contributed by atoms with Crippen molar-refractivity contribution in [3.8, 4) is 0 Å². The molecule has 0 saturated heterocycles. The van der Waals surface area contributed by atoms with Gasteiger partial charge >= 0.3 is 0 Å². The lowest BCUT2D eigenvalue weighted by atomic mass is 10.2. The van der Waals surface area contributed by atoms with Crippen molar-refractivity contribution in [1.82, 2.24) is 0 Å². The van der Waals surface area contributed by atoms with E-state index in [1.54, 1.807) is 0 Å². The number of unbranched alkanes of at least 4 members (excludes halogenated alkanes) is 3. The first-order valence-electron chi connectivity index (χ1n) is 6.75. The van der Waals surface area contributed by atoms with Crippen molar-refractivity contribution in [2.24, 2.45) is 0 Å². The number of carbonyl (C=O) groups excluding carboxylic acids is 1. The third-order valence-corrected chi connectivity index (χ3v) is 2.60. The number of carboxylic acids is 1. The number of carbonyl (C=O) groups is 1. The average Bonchev–Trinajstić information content (AvgIpc) is 2.34. The molecule has 3 nitrogen and oxygen atoms in total. The van der Waals surface area contributed by atoms with Crippen molar-refractivity contribution in [3.63, 3.8) is 0 Å². The van der Waals surface area contributed by atoms with Gasteiger partial charge < -0.3 is 9.90 Å². The van der Waals surface area contributed by atoms with Crippen LogP contribution in [-0.4, -0.2) is 5.97 Å². The predicted molar refractivity (Wildman–Crippen MR) is 70.8 cm³/mol. The SMILES string of the molecule is CC(=O)[O-].CCCCCC[n+]1cccc(CC)c1. The van der Waals surface area contributed by atoms with E-state index in [1.165, 1.54) is 37.8 Å². The molecule has 0 spiro atoms. The minimum atomic E-state index is -1.08. The molecule has 0 aliphatic carbocycles. The molecule has 102 valence electrons. The second-order valence-electron chi connectivity index (χ2n) is 4.36. The van der Waals surface area contributed by atoms with E-state index in [2.05, 4.69) is 42.9 Å². The largest absolute Gasteiger partial charge is 0.550 e. The first-order chi connectivity index (χ1) is 8.60. The lowest BCUT2D eigenvalue weighted by molar-refractivity contribution is -0.697. The summed E-state index contributed by atoms with van der Waals surface area (Å²) in [6, 6.07) is 4.35. The molecule has 0 unspecified atom stereocenters. The molecule has 0 atom stereocenters. The highest BCUT2D eigenvalue weighted by Gasteiger charge is 2.00. The van der Waals surface area contributed by atoms with Crippen LogP contribution in [0.1, 0.15) is 52.0 Å². The number of aryl methyl sites for hydroxylation is 2. The van der Waals surface area contributed by atoms with E-state index in [1.807, 2.05) is 0 Å². The fourth-order valence-electron chi connectivity index (χ4n) is 1.65. The van der Waals surface area contributed by atoms with Crippen LogP contribution >= 0.6 is 0 Å². The van der Waals surface area contributed by atoms with Gasteiger partial charge in [-0.3, -0.25) is 0 Å². The van der Waals surface area contributed by atoms with Crippen molar-refractivity contribution in [2.75, 3.05) is 0 Å². The minimum absolute atomic E-state index is 0.972. The lowest BCUT2D eigenvalue weighted by Gasteiger charge is -1.98. The molecule has 0 aromatic carbocycles. The Kier molecular flexibility index (Phi) is 9.93. The molecule has 3 heteroatoms. The summed E-state index contributed by atoms with van der Waals surface area (Å²) in [5, 5.41) is 8.89. The lowest BCUT2D eigenvalue weighted by Crippen LogP contribution is -2.33. The van der Waals surface area contributed by atoms with Crippen molar-refractivity contribution >= 4 is 5.97 Å². The quantitative estimate of drug-likeness (QED) is 0.572. The molecule has 0 saturated carbocycles. The topological polar surface area (TPSA) is 44.0 Å². The highest BCUT2D eigenvalue weighted by molar-refractivity contribution is 5.60. The monoisotopic (exact) mass is 251 g/mol. The third-order valence-electron chi connectivity index (χ3n) is 2.60. The van der Waals surface area contributed by atoms with Gasteiger partial charge in [0.05, 0.1) is 0 Å². The molecule has 0 aliphatic heterocycles. The molecule has 0 aliphatic rings. The van der Waals surface area contributed by atoms with E-state index >= 15 is 0 Å². The summed E-state index contributed by atoms with van der Waals surface area (Å²) in [5.41, 5.74) is 1.43. The maximum absolute atomic E-state index is 8.89. The molecule has 18 heavy (non-hydrogen) atoms. The van der Waals surface area contributed by atoms with Crippen LogP contribution in [0.2, 0.25) is 0 Å². The van der Waals surface area contributed by atoms with Crippen LogP contribution in [0.25, 0.3) is 0 Å². The summed E-state index contributed by atoms with van der Waals surface area (Å²) >= 11 is 0. The third kappa shape index (κ3) is 9.82. The fourth-order valence-corrected chi connectivity index (χ4v) is 1.65. The van der Waals surface area contributed by atoms with Crippen molar-refractivity contribution < 1.29 is 14.5 Å². The summed E-state index contributed by atoms with van der Waals surface area (Å²) in [4.78, 5) is 8.89. The first-order valence-corrected chi connectivity index (χ1v) is 6.75. The number of rotatable bonds is 6. The number of aromatic nitrogens is 1. The predicted octanol–water partition coefficient (Wildman–Crippen LogP) is 1.87. The van der Waals surface area contributed by atoms with Gasteiger partial charge in [0, 0.05) is 24.0 Å². The number of aliphatic carboxylic acids is 1. The van der Waals surface area contributed by atoms with Gasteiger partial charge in [0.15, 0.2) is 12.4 Å². The van der Waals surface area contributed by atoms with Crippen LogP contribution in [0.15, 0.2) is 24.5 Å². The zero-order valence-electron chi connectivity index (χ0n) is 11.8. The van der Waals surface area contributed by atoms with Crippen LogP contribution in [0.4, 0.5) is 0 Å². The van der Waals surface area contributed by atoms with Crippen LogP contribution in [0.5, 0.6) is 0 Å². The maximum Gasteiger partial charge on any atom is 0.171 e. The summed E-state index contributed by atoms with van der Waals surface area (Å²) in [5.74, 6) is -1.08. The number of carboxylic acid groups (broad SMARTS) is 1. The molecule has 1 aromatic heterocycles. The van der Waals surface area contributed by atoms with Gasteiger partial charge in [-0.2, -0.15) is 0 Å². The number of pyridine rings is 1. The Balaban J connectivity index is 0.000000631. The fraction of sp³-hybridized carbons (Fsp3) is 0.600. The van der Waals surface area contributed by atoms with Crippen molar-refractivity contribution in [1.29, 1.82) is 0 Å². The highest BCUT2D eigenvalue weighted by Crippen LogP contribution is 1.99. The van der Waals surface area contributed by atoms with Gasteiger partial charge in [-0.1, -0.05) is 26.7 Å². The summed E-state index contributed by atoms with van der Waals surface area (Å²) in [6.07, 6.45) is 10.9. The minimum Gasteiger partial charge on any atom is -0.550 e. The Morgan fingerprint density at radius 1 is 1.28 bits per heavy atom. The Morgan fingerprint density at radius 2 is 1.94 bits per heavy atom. The van der Waals surface area contributed by atoms with Crippen molar-refractivity contribution in [3.05, 3.63) is 30.1 Å². The van der Waals surface area contributed by atoms with Gasteiger partial charge in [-0.05, 0) is 25.8 Å². The molecule has 1 heterocycles. The maximum atomic E-state index is 8.89. The summed E-state index contributed by atoms with van der Waals surface area (Å²) in [6.45, 7) is 6.61. The molecule has 0 amide bonds. The smallest absolute Gasteiger partial charge is 0.171 e. The number of hydrogen-bond donors (Lipinski definition) is 0. The second kappa shape index (κ2) is 10.8. The molecular weight excluding hydrogens is 226 g/mol. The van der Waals surface area contributed by atoms with Crippen LogP contribution in [-0.2, 0) is 17.8 Å². The van der Waals surface area contributed by atoms with E-state index in [9.17, 15) is 0 Å². The molecule has 0 radical (unpaired) electrons. The Labute approximate surface area is 110 Å². The number of hydrogen-bond acceptors (Lipinski definition) is 2. The summed E-state index contributed by atoms with van der Waals surface area (Å²) < 4.78 is 2.31. The van der Waals surface area contributed by atoms with Crippen molar-refractivity contribution in [2.45, 2.75) is 59.4 Å². The zero-order valence-corrected chi connectivity index (χ0v) is 11.8. The zero-order chi connectivity index (χ0) is 13.8.